The first-order valence-corrected chi connectivity index (χ1v) is 8.59. The molecule has 0 heterocycles. The zero-order valence-electron chi connectivity index (χ0n) is 16.1. The Bertz CT molecular complexity index is 853. The van der Waals surface area contributed by atoms with Crippen LogP contribution in [-0.4, -0.2) is 50.0 Å². The largest absolute Gasteiger partial charge is 0.466 e. The van der Waals surface area contributed by atoms with Crippen molar-refractivity contribution in [1.29, 1.82) is 0 Å². The van der Waals surface area contributed by atoms with E-state index in [2.05, 4.69) is 37.2 Å². The number of rotatable bonds is 8. The number of aliphatic imine (C=N–C) groups is 1. The predicted molar refractivity (Wildman–Crippen MR) is 108 cm³/mol. The molecular formula is C19H22N6O4. The number of amides is 2. The molecule has 0 aliphatic rings. The number of hydrogen-bond donors (Lipinski definition) is 4. The van der Waals surface area contributed by atoms with E-state index in [4.69, 9.17) is 17.7 Å². The molecule has 0 radical (unpaired) electrons. The lowest BCUT2D eigenvalue weighted by atomic mass is 10.2. The first-order chi connectivity index (χ1) is 13.9. The molecule has 0 aromatic heterocycles. The summed E-state index contributed by atoms with van der Waals surface area (Å²) in [5.74, 6) is 0.964. The molecule has 4 N–H and O–H groups in total. The summed E-state index contributed by atoms with van der Waals surface area (Å²) in [4.78, 5) is 42.5. The molecule has 1 rings (SSSR count). The van der Waals surface area contributed by atoms with Crippen molar-refractivity contribution in [2.75, 3.05) is 25.5 Å². The number of anilines is 1. The molecule has 0 saturated heterocycles. The van der Waals surface area contributed by atoms with E-state index in [0.29, 0.717) is 11.3 Å². The average Bonchev–Trinajstić information content (AvgIpc) is 2.71. The third kappa shape index (κ3) is 8.45. The molecule has 29 heavy (non-hydrogen) atoms. The molecule has 0 aliphatic carbocycles. The second-order valence-electron chi connectivity index (χ2n) is 5.48. The van der Waals surface area contributed by atoms with Crippen molar-refractivity contribution >= 4 is 29.4 Å². The minimum atomic E-state index is -0.826. The van der Waals surface area contributed by atoms with Crippen LogP contribution < -0.4 is 21.4 Å². The number of benzene rings is 1. The number of carbonyl (C=O) groups excluding carboxylic acids is 3. The summed E-state index contributed by atoms with van der Waals surface area (Å²) in [6.45, 7) is 8.34. The van der Waals surface area contributed by atoms with Crippen LogP contribution in [0.2, 0.25) is 0 Å². The van der Waals surface area contributed by atoms with Crippen molar-refractivity contribution in [3.8, 4) is 12.3 Å². The lowest BCUT2D eigenvalue weighted by molar-refractivity contribution is -0.143. The minimum Gasteiger partial charge on any atom is -0.466 e. The zero-order chi connectivity index (χ0) is 21.6. The summed E-state index contributed by atoms with van der Waals surface area (Å²) in [7, 11) is 1.50. The van der Waals surface area contributed by atoms with E-state index in [-0.39, 0.29) is 25.5 Å². The van der Waals surface area contributed by atoms with Gasteiger partial charge < -0.3 is 20.7 Å². The van der Waals surface area contributed by atoms with E-state index in [9.17, 15) is 14.4 Å². The van der Waals surface area contributed by atoms with Crippen LogP contribution in [0.1, 0.15) is 23.7 Å². The van der Waals surface area contributed by atoms with Crippen LogP contribution in [0.15, 0.2) is 29.3 Å². The van der Waals surface area contributed by atoms with Crippen molar-refractivity contribution < 1.29 is 19.1 Å². The number of nitrogens with zero attached hydrogens (tertiary/aromatic N) is 2. The number of terminal acetylenes is 1. The van der Waals surface area contributed by atoms with Crippen LogP contribution in [0.5, 0.6) is 0 Å². The Hall–Kier alpha value is -4.05. The van der Waals surface area contributed by atoms with Gasteiger partial charge in [0.25, 0.3) is 11.9 Å². The van der Waals surface area contributed by atoms with Gasteiger partial charge in [0.05, 0.1) is 19.6 Å². The number of guanidine groups is 1. The van der Waals surface area contributed by atoms with Gasteiger partial charge in [-0.25, -0.2) is 0 Å². The lowest BCUT2D eigenvalue weighted by Gasteiger charge is -2.13. The number of ether oxygens (including phenoxy) is 1. The molecule has 10 nitrogen and oxygen atoms in total. The van der Waals surface area contributed by atoms with E-state index < -0.39 is 23.8 Å². The Labute approximate surface area is 168 Å². The SMILES string of the molecule is [C-]#[N+]NC(=NC)Nc1cccc(C(=O)NCC(=O)NC(C#C)CC(=O)OCC)c1. The predicted octanol–water partition coefficient (Wildman–Crippen LogP) is 0.309. The van der Waals surface area contributed by atoms with Crippen molar-refractivity contribution in [1.82, 2.24) is 16.1 Å². The Balaban J connectivity index is 2.60. The van der Waals surface area contributed by atoms with Gasteiger partial charge in [-0.2, -0.15) is 11.5 Å². The first-order valence-electron chi connectivity index (χ1n) is 8.59. The summed E-state index contributed by atoms with van der Waals surface area (Å²) in [5, 5.41) is 7.79. The molecular weight excluding hydrogens is 376 g/mol. The Morgan fingerprint density at radius 2 is 2.14 bits per heavy atom. The molecule has 0 aliphatic heterocycles. The quantitative estimate of drug-likeness (QED) is 0.125. The standard InChI is InChI=1S/C19H22N6O4/c1-5-14(11-17(27)29-6-2)23-16(26)12-22-18(28)13-8-7-9-15(10-13)24-19(20-3)25-21-4/h1,7-10,14H,6,11-12H2,2-3H3,(H,22,28)(H,23,26)(H2,20,24,25). The second-order valence-corrected chi connectivity index (χ2v) is 5.48. The van der Waals surface area contributed by atoms with E-state index in [1.54, 1.807) is 25.1 Å². The van der Waals surface area contributed by atoms with Gasteiger partial charge in [0.2, 0.25) is 5.91 Å². The summed E-state index contributed by atoms with van der Waals surface area (Å²) < 4.78 is 4.78. The van der Waals surface area contributed by atoms with Gasteiger partial charge in [-0.3, -0.25) is 19.4 Å². The van der Waals surface area contributed by atoms with Crippen molar-refractivity contribution in [2.24, 2.45) is 4.99 Å². The summed E-state index contributed by atoms with van der Waals surface area (Å²) in [6.07, 6.45) is 5.15. The molecule has 0 saturated carbocycles. The van der Waals surface area contributed by atoms with Gasteiger partial charge in [0.1, 0.15) is 6.04 Å². The maximum absolute atomic E-state index is 12.3. The van der Waals surface area contributed by atoms with Gasteiger partial charge in [-0.1, -0.05) is 17.4 Å². The smallest absolute Gasteiger partial charge is 0.308 e. The normalized spacial score (nSPS) is 11.2. The summed E-state index contributed by atoms with van der Waals surface area (Å²) in [6, 6.07) is 5.60. The molecule has 0 spiro atoms. The zero-order valence-corrected chi connectivity index (χ0v) is 16.1. The Morgan fingerprint density at radius 3 is 2.76 bits per heavy atom. The third-order valence-electron chi connectivity index (χ3n) is 3.39. The van der Waals surface area contributed by atoms with E-state index in [1.165, 1.54) is 13.1 Å². The Morgan fingerprint density at radius 1 is 1.38 bits per heavy atom. The van der Waals surface area contributed by atoms with Crippen LogP contribution in [-0.2, 0) is 14.3 Å². The van der Waals surface area contributed by atoms with Crippen LogP contribution in [0.25, 0.3) is 4.95 Å². The minimum absolute atomic E-state index is 0.155. The summed E-state index contributed by atoms with van der Waals surface area (Å²) >= 11 is 0. The molecule has 2 amide bonds. The molecule has 10 heteroatoms. The lowest BCUT2D eigenvalue weighted by Crippen LogP contribution is -2.42. The van der Waals surface area contributed by atoms with E-state index in [0.717, 1.165) is 0 Å². The number of nitrogens with one attached hydrogen (secondary N) is 4. The summed E-state index contributed by atoms with van der Waals surface area (Å²) in [5.41, 5.74) is 3.16. The number of carbonyl (C=O) groups is 3. The molecule has 1 atom stereocenters. The van der Waals surface area contributed by atoms with Crippen LogP contribution in [0.3, 0.4) is 0 Å². The highest BCUT2D eigenvalue weighted by Gasteiger charge is 2.16. The highest BCUT2D eigenvalue weighted by molar-refractivity contribution is 5.99. The van der Waals surface area contributed by atoms with E-state index in [1.807, 2.05) is 0 Å². The van der Waals surface area contributed by atoms with Crippen molar-refractivity contribution in [3.63, 3.8) is 0 Å². The molecule has 1 aromatic carbocycles. The topological polar surface area (TPSA) is 125 Å². The van der Waals surface area contributed by atoms with Gasteiger partial charge in [-0.05, 0) is 25.1 Å². The van der Waals surface area contributed by atoms with Crippen LogP contribution in [0, 0.1) is 18.9 Å². The molecule has 152 valence electrons. The van der Waals surface area contributed by atoms with Gasteiger partial charge in [-0.15, -0.1) is 6.42 Å². The molecule has 0 bridgehead atoms. The molecule has 1 aromatic rings. The molecule has 1 unspecified atom stereocenters. The number of esters is 1. The fourth-order valence-corrected chi connectivity index (χ4v) is 2.11. The molecule has 0 fully saturated rings. The maximum Gasteiger partial charge on any atom is 0.308 e. The van der Waals surface area contributed by atoms with Gasteiger partial charge >= 0.3 is 5.97 Å². The number of hydrogen-bond acceptors (Lipinski definition) is 5. The fraction of sp³-hybridized carbons (Fsp3) is 0.316. The van der Waals surface area contributed by atoms with Gasteiger partial charge in [0.15, 0.2) is 0 Å². The monoisotopic (exact) mass is 398 g/mol. The average molecular weight is 398 g/mol. The second kappa shape index (κ2) is 12.4. The Kier molecular flexibility index (Phi) is 9.80. The highest BCUT2D eigenvalue weighted by atomic mass is 16.5. The van der Waals surface area contributed by atoms with Crippen LogP contribution in [0.4, 0.5) is 5.69 Å². The highest BCUT2D eigenvalue weighted by Crippen LogP contribution is 2.10. The fourth-order valence-electron chi connectivity index (χ4n) is 2.11. The van der Waals surface area contributed by atoms with Crippen LogP contribution >= 0.6 is 0 Å². The van der Waals surface area contributed by atoms with Crippen molar-refractivity contribution in [3.05, 3.63) is 41.4 Å². The van der Waals surface area contributed by atoms with Crippen molar-refractivity contribution in [2.45, 2.75) is 19.4 Å². The third-order valence-corrected chi connectivity index (χ3v) is 3.39. The van der Waals surface area contributed by atoms with Gasteiger partial charge in [0, 0.05) is 18.3 Å². The maximum atomic E-state index is 12.3. The first kappa shape index (κ1) is 23.0. The van der Waals surface area contributed by atoms with E-state index >= 15 is 0 Å².